The Bertz CT molecular complexity index is 1180. The Morgan fingerprint density at radius 1 is 1.39 bits per heavy atom. The van der Waals surface area contributed by atoms with Crippen LogP contribution in [0.1, 0.15) is 42.9 Å². The van der Waals surface area contributed by atoms with Crippen LogP contribution >= 0.6 is 0 Å². The van der Waals surface area contributed by atoms with Crippen LogP contribution in [0.25, 0.3) is 5.52 Å². The normalized spacial score (nSPS) is 19.5. The third-order valence-corrected chi connectivity index (χ3v) is 5.80. The fourth-order valence-corrected chi connectivity index (χ4v) is 3.96. The largest absolute Gasteiger partial charge is 0.348 e. The Morgan fingerprint density at radius 3 is 2.94 bits per heavy atom. The van der Waals surface area contributed by atoms with Crippen molar-refractivity contribution in [2.24, 2.45) is 11.0 Å². The number of carbonyl (C=O) groups excluding carboxylic acids is 1. The molecule has 0 aromatic carbocycles. The molecule has 11 heteroatoms. The molecule has 1 atom stereocenters. The fraction of sp³-hybridized carbons (Fsp3) is 0.400. The number of pyridine rings is 1. The summed E-state index contributed by atoms with van der Waals surface area (Å²) in [4.78, 5) is 21.3. The van der Waals surface area contributed by atoms with E-state index in [0.29, 0.717) is 48.5 Å². The Balaban J connectivity index is 1.48. The number of nitrogens with one attached hydrogen (secondary N) is 2. The maximum Gasteiger partial charge on any atom is 0.329 e. The van der Waals surface area contributed by atoms with Crippen molar-refractivity contribution < 1.29 is 18.0 Å². The number of rotatable bonds is 4. The SMILES string of the molecule is C/C(=N\NC(=O)C(F)(F)C1CC1)N1CCc2[nH]cnc2[C@H]1c1cc2c(F)cccn2n1. The number of imidazole rings is 1. The van der Waals surface area contributed by atoms with E-state index in [1.54, 1.807) is 31.6 Å². The monoisotopic (exact) mass is 431 g/mol. The molecule has 0 bridgehead atoms. The maximum atomic E-state index is 14.2. The second kappa shape index (κ2) is 7.10. The summed E-state index contributed by atoms with van der Waals surface area (Å²) in [6.45, 7) is 2.11. The molecule has 162 valence electrons. The summed E-state index contributed by atoms with van der Waals surface area (Å²) in [7, 11) is 0. The van der Waals surface area contributed by atoms with Crippen molar-refractivity contribution in [2.45, 2.75) is 38.2 Å². The van der Waals surface area contributed by atoms with Crippen molar-refractivity contribution in [2.75, 3.05) is 6.54 Å². The average molecular weight is 431 g/mol. The van der Waals surface area contributed by atoms with Gasteiger partial charge in [-0.15, -0.1) is 0 Å². The number of halogens is 3. The van der Waals surface area contributed by atoms with Crippen molar-refractivity contribution in [1.29, 1.82) is 0 Å². The van der Waals surface area contributed by atoms with Crippen LogP contribution in [0.2, 0.25) is 0 Å². The Morgan fingerprint density at radius 2 is 2.19 bits per heavy atom. The van der Waals surface area contributed by atoms with E-state index in [2.05, 4.69) is 20.2 Å². The molecule has 0 spiro atoms. The molecule has 0 unspecified atom stereocenters. The lowest BCUT2D eigenvalue weighted by Crippen LogP contribution is -2.43. The molecule has 0 saturated heterocycles. The molecule has 1 fully saturated rings. The smallest absolute Gasteiger partial charge is 0.329 e. The number of H-pyrrole nitrogens is 1. The highest BCUT2D eigenvalue weighted by molar-refractivity contribution is 5.87. The Hall–Kier alpha value is -3.37. The standard InChI is InChI=1S/C20H20F3N7O/c1-11(26-27-19(31)20(22,23)12-4-5-12)29-8-6-14-17(25-10-24-14)18(29)15-9-16-13(21)3-2-7-30(16)28-15/h2-3,7,9-10,12,18H,4-6,8H2,1H3,(H,24,25)(H,27,31)/b26-11+/t18-/m1/s1. The highest BCUT2D eigenvalue weighted by Crippen LogP contribution is 2.43. The molecule has 31 heavy (non-hydrogen) atoms. The van der Waals surface area contributed by atoms with E-state index < -0.39 is 29.6 Å². The lowest BCUT2D eigenvalue weighted by molar-refractivity contribution is -0.148. The van der Waals surface area contributed by atoms with Gasteiger partial charge in [-0.25, -0.2) is 19.3 Å². The molecule has 5 rings (SSSR count). The van der Waals surface area contributed by atoms with Gasteiger partial charge in [0.25, 0.3) is 0 Å². The van der Waals surface area contributed by atoms with Gasteiger partial charge in [-0.3, -0.25) is 4.79 Å². The maximum absolute atomic E-state index is 14.2. The van der Waals surface area contributed by atoms with Gasteiger partial charge in [0.05, 0.1) is 17.7 Å². The minimum atomic E-state index is -3.43. The average Bonchev–Trinajstić information content (AvgIpc) is 3.36. The molecule has 4 heterocycles. The van der Waals surface area contributed by atoms with Crippen molar-refractivity contribution >= 4 is 17.3 Å². The summed E-state index contributed by atoms with van der Waals surface area (Å²) in [5.41, 5.74) is 4.46. The van der Waals surface area contributed by atoms with Crippen LogP contribution in [0.5, 0.6) is 0 Å². The number of alkyl halides is 2. The van der Waals surface area contributed by atoms with E-state index in [1.165, 1.54) is 10.6 Å². The highest BCUT2D eigenvalue weighted by atomic mass is 19.3. The van der Waals surface area contributed by atoms with E-state index in [1.807, 2.05) is 10.3 Å². The Labute approximate surface area is 175 Å². The lowest BCUT2D eigenvalue weighted by atomic mass is 9.99. The number of carbonyl (C=O) groups is 1. The highest BCUT2D eigenvalue weighted by Gasteiger charge is 2.53. The quantitative estimate of drug-likeness (QED) is 0.378. The summed E-state index contributed by atoms with van der Waals surface area (Å²) in [5, 5.41) is 8.44. The van der Waals surface area contributed by atoms with Crippen LogP contribution in [-0.2, 0) is 11.2 Å². The fourth-order valence-electron chi connectivity index (χ4n) is 3.96. The zero-order valence-electron chi connectivity index (χ0n) is 16.6. The van der Waals surface area contributed by atoms with Gasteiger partial charge in [0, 0.05) is 30.8 Å². The summed E-state index contributed by atoms with van der Waals surface area (Å²) in [5.74, 6) is -5.83. The topological polar surface area (TPSA) is 90.7 Å². The Kier molecular flexibility index (Phi) is 4.49. The zero-order valence-corrected chi connectivity index (χ0v) is 16.6. The molecule has 1 amide bonds. The molecule has 8 nitrogen and oxygen atoms in total. The molecule has 1 aliphatic heterocycles. The van der Waals surface area contributed by atoms with E-state index in [9.17, 15) is 18.0 Å². The second-order valence-corrected chi connectivity index (χ2v) is 7.86. The predicted octanol–water partition coefficient (Wildman–Crippen LogP) is 2.64. The van der Waals surface area contributed by atoms with Gasteiger partial charge < -0.3 is 9.88 Å². The number of nitrogens with zero attached hydrogens (tertiary/aromatic N) is 5. The van der Waals surface area contributed by atoms with Crippen molar-refractivity contribution in [1.82, 2.24) is 29.9 Å². The molecule has 2 N–H and O–H groups in total. The van der Waals surface area contributed by atoms with Crippen LogP contribution in [0.15, 0.2) is 35.8 Å². The third kappa shape index (κ3) is 3.33. The molecule has 1 saturated carbocycles. The molecule has 1 aliphatic carbocycles. The molecular formula is C20H20F3N7O. The van der Waals surface area contributed by atoms with Gasteiger partial charge in [0.1, 0.15) is 23.2 Å². The number of hydrazone groups is 1. The van der Waals surface area contributed by atoms with Crippen LogP contribution in [0.4, 0.5) is 13.2 Å². The number of fused-ring (bicyclic) bond motifs is 2. The first-order valence-electron chi connectivity index (χ1n) is 10.0. The number of amides is 1. The van der Waals surface area contributed by atoms with E-state index in [-0.39, 0.29) is 0 Å². The summed E-state index contributed by atoms with van der Waals surface area (Å²) in [6, 6.07) is 4.02. The number of amidine groups is 1. The lowest BCUT2D eigenvalue weighted by Gasteiger charge is -2.35. The van der Waals surface area contributed by atoms with Gasteiger partial charge >= 0.3 is 11.8 Å². The van der Waals surface area contributed by atoms with E-state index >= 15 is 0 Å². The van der Waals surface area contributed by atoms with Crippen LogP contribution in [0.3, 0.4) is 0 Å². The van der Waals surface area contributed by atoms with Crippen molar-refractivity contribution in [3.8, 4) is 0 Å². The van der Waals surface area contributed by atoms with E-state index in [0.717, 1.165) is 5.69 Å². The number of aromatic nitrogens is 4. The van der Waals surface area contributed by atoms with Gasteiger partial charge in [0.2, 0.25) is 0 Å². The van der Waals surface area contributed by atoms with Gasteiger partial charge in [-0.2, -0.15) is 19.0 Å². The second-order valence-electron chi connectivity index (χ2n) is 7.86. The summed E-state index contributed by atoms with van der Waals surface area (Å²) in [6.07, 6.45) is 4.50. The molecule has 2 aliphatic rings. The number of aromatic amines is 1. The number of hydrogen-bond acceptors (Lipinski definition) is 4. The van der Waals surface area contributed by atoms with Gasteiger partial charge in [-0.1, -0.05) is 0 Å². The third-order valence-electron chi connectivity index (χ3n) is 5.80. The first-order chi connectivity index (χ1) is 14.9. The predicted molar refractivity (Wildman–Crippen MR) is 105 cm³/mol. The van der Waals surface area contributed by atoms with Gasteiger partial charge in [-0.05, 0) is 38.0 Å². The molecular weight excluding hydrogens is 411 g/mol. The zero-order chi connectivity index (χ0) is 21.8. The first kappa shape index (κ1) is 19.6. The molecule has 3 aromatic rings. The summed E-state index contributed by atoms with van der Waals surface area (Å²) < 4.78 is 43.6. The molecule has 0 radical (unpaired) electrons. The van der Waals surface area contributed by atoms with Crippen LogP contribution in [0, 0.1) is 11.7 Å². The minimum Gasteiger partial charge on any atom is -0.348 e. The summed E-state index contributed by atoms with van der Waals surface area (Å²) >= 11 is 0. The first-order valence-corrected chi connectivity index (χ1v) is 10.0. The van der Waals surface area contributed by atoms with Crippen molar-refractivity contribution in [3.63, 3.8) is 0 Å². The van der Waals surface area contributed by atoms with E-state index in [4.69, 9.17) is 0 Å². The number of hydrogen-bond donors (Lipinski definition) is 2. The van der Waals surface area contributed by atoms with Crippen LogP contribution in [-0.4, -0.2) is 48.7 Å². The van der Waals surface area contributed by atoms with Crippen molar-refractivity contribution in [3.05, 3.63) is 53.6 Å². The minimum absolute atomic E-state index is 0.312. The van der Waals surface area contributed by atoms with Crippen LogP contribution < -0.4 is 5.43 Å². The molecule has 3 aromatic heterocycles. The van der Waals surface area contributed by atoms with Gasteiger partial charge in [0.15, 0.2) is 0 Å².